The summed E-state index contributed by atoms with van der Waals surface area (Å²) in [5, 5.41) is 11.4. The van der Waals surface area contributed by atoms with Gasteiger partial charge in [-0.25, -0.2) is 4.79 Å². The Morgan fingerprint density at radius 2 is 1.88 bits per heavy atom. The van der Waals surface area contributed by atoms with E-state index in [2.05, 4.69) is 5.32 Å². The Bertz CT molecular complexity index is 1040. The van der Waals surface area contributed by atoms with Crippen molar-refractivity contribution in [1.29, 1.82) is 0 Å². The molecule has 2 amide bonds. The van der Waals surface area contributed by atoms with Crippen molar-refractivity contribution >= 4 is 39.8 Å². The number of furan rings is 1. The first kappa shape index (κ1) is 16.4. The van der Waals surface area contributed by atoms with E-state index in [0.717, 1.165) is 33.8 Å². The van der Waals surface area contributed by atoms with Crippen LogP contribution < -0.4 is 5.32 Å². The molecule has 2 heterocycles. The first-order valence-electron chi connectivity index (χ1n) is 7.86. The van der Waals surface area contributed by atoms with E-state index in [4.69, 9.17) is 9.52 Å². The number of hydrogen-bond donors (Lipinski definition) is 2. The van der Waals surface area contributed by atoms with Gasteiger partial charge in [0.05, 0.1) is 17.1 Å². The standard InChI is InChI=1S/C19H13NO5S/c21-17-15(26-19(24)20-17)9-14-8-13(7-12-5-6-25-16(12)14)10-1-3-11(4-2-10)18(22)23/h1-8,15H,9H2,(H,22,23)(H,20,21,24). The van der Waals surface area contributed by atoms with Gasteiger partial charge in [0, 0.05) is 5.39 Å². The van der Waals surface area contributed by atoms with Crippen molar-refractivity contribution in [2.24, 2.45) is 0 Å². The number of carbonyl (C=O) groups excluding carboxylic acids is 2. The Labute approximate surface area is 152 Å². The van der Waals surface area contributed by atoms with Crippen molar-refractivity contribution in [3.63, 3.8) is 0 Å². The predicted octanol–water partition coefficient (Wildman–Crippen LogP) is 3.69. The maximum atomic E-state index is 11.9. The molecule has 1 aliphatic rings. The number of rotatable bonds is 4. The number of hydrogen-bond acceptors (Lipinski definition) is 5. The molecule has 1 atom stereocenters. The van der Waals surface area contributed by atoms with Crippen LogP contribution in [0, 0.1) is 0 Å². The molecule has 0 radical (unpaired) electrons. The van der Waals surface area contributed by atoms with Crippen molar-refractivity contribution in [1.82, 2.24) is 5.32 Å². The van der Waals surface area contributed by atoms with Crippen LogP contribution in [-0.4, -0.2) is 27.5 Å². The van der Waals surface area contributed by atoms with Crippen LogP contribution in [0.5, 0.6) is 0 Å². The molecule has 6 nitrogen and oxygen atoms in total. The lowest BCUT2D eigenvalue weighted by Gasteiger charge is -2.10. The maximum absolute atomic E-state index is 11.9. The number of carboxylic acid groups (broad SMARTS) is 1. The van der Waals surface area contributed by atoms with E-state index in [0.29, 0.717) is 12.0 Å². The Kier molecular flexibility index (Phi) is 4.00. The SMILES string of the molecule is O=C1NC(=O)C(Cc2cc(-c3ccc(C(=O)O)cc3)cc3ccoc23)S1. The molecular formula is C19H13NO5S. The zero-order chi connectivity index (χ0) is 18.3. The Balaban J connectivity index is 1.73. The highest BCUT2D eigenvalue weighted by Crippen LogP contribution is 2.32. The van der Waals surface area contributed by atoms with Crippen LogP contribution >= 0.6 is 11.8 Å². The minimum Gasteiger partial charge on any atom is -0.478 e. The van der Waals surface area contributed by atoms with Gasteiger partial charge in [-0.1, -0.05) is 23.9 Å². The monoisotopic (exact) mass is 367 g/mol. The molecular weight excluding hydrogens is 354 g/mol. The third-order valence-electron chi connectivity index (χ3n) is 4.27. The molecule has 2 N–H and O–H groups in total. The molecule has 1 unspecified atom stereocenters. The second-order valence-corrected chi connectivity index (χ2v) is 7.12. The predicted molar refractivity (Wildman–Crippen MR) is 97.2 cm³/mol. The van der Waals surface area contributed by atoms with Crippen LogP contribution in [0.2, 0.25) is 0 Å². The molecule has 0 bridgehead atoms. The third kappa shape index (κ3) is 2.97. The van der Waals surface area contributed by atoms with Crippen LogP contribution in [0.4, 0.5) is 4.79 Å². The van der Waals surface area contributed by atoms with E-state index in [-0.39, 0.29) is 16.7 Å². The molecule has 3 aromatic rings. The van der Waals surface area contributed by atoms with Gasteiger partial charge in [-0.2, -0.15) is 0 Å². The molecule has 26 heavy (non-hydrogen) atoms. The largest absolute Gasteiger partial charge is 0.478 e. The summed E-state index contributed by atoms with van der Waals surface area (Å²) in [6.45, 7) is 0. The number of aromatic carboxylic acids is 1. The zero-order valence-electron chi connectivity index (χ0n) is 13.4. The molecule has 1 fully saturated rings. The van der Waals surface area contributed by atoms with Gasteiger partial charge < -0.3 is 9.52 Å². The Morgan fingerprint density at radius 3 is 2.54 bits per heavy atom. The lowest BCUT2D eigenvalue weighted by Crippen LogP contribution is -2.25. The Morgan fingerprint density at radius 1 is 1.12 bits per heavy atom. The van der Waals surface area contributed by atoms with Gasteiger partial charge in [-0.05, 0) is 53.4 Å². The van der Waals surface area contributed by atoms with Crippen molar-refractivity contribution in [2.45, 2.75) is 11.7 Å². The number of carbonyl (C=O) groups is 3. The molecule has 0 aliphatic carbocycles. The first-order valence-corrected chi connectivity index (χ1v) is 8.74. The van der Waals surface area contributed by atoms with Crippen molar-refractivity contribution < 1.29 is 23.9 Å². The highest BCUT2D eigenvalue weighted by Gasteiger charge is 2.32. The molecule has 1 aliphatic heterocycles. The van der Waals surface area contributed by atoms with Crippen molar-refractivity contribution in [3.05, 3.63) is 59.9 Å². The Hall–Kier alpha value is -3.06. The van der Waals surface area contributed by atoms with Gasteiger partial charge in [0.15, 0.2) is 0 Å². The third-order valence-corrected chi connectivity index (χ3v) is 5.25. The fourth-order valence-electron chi connectivity index (χ4n) is 3.01. The number of imide groups is 1. The minimum atomic E-state index is -0.975. The van der Waals surface area contributed by atoms with Crippen molar-refractivity contribution in [3.8, 4) is 11.1 Å². The number of nitrogens with one attached hydrogen (secondary N) is 1. The topological polar surface area (TPSA) is 96.6 Å². The lowest BCUT2D eigenvalue weighted by atomic mass is 9.97. The summed E-state index contributed by atoms with van der Waals surface area (Å²) in [7, 11) is 0. The number of carboxylic acids is 1. The fraction of sp³-hybridized carbons (Fsp3) is 0.105. The second kappa shape index (κ2) is 6.34. The van der Waals surface area contributed by atoms with Gasteiger partial charge in [-0.3, -0.25) is 14.9 Å². The highest BCUT2D eigenvalue weighted by molar-refractivity contribution is 8.15. The summed E-state index contributed by atoms with van der Waals surface area (Å²) >= 11 is 0.980. The van der Waals surface area contributed by atoms with Crippen LogP contribution in [0.15, 0.2) is 53.1 Å². The van der Waals surface area contributed by atoms with Crippen LogP contribution in [0.1, 0.15) is 15.9 Å². The van der Waals surface area contributed by atoms with E-state index in [1.807, 2.05) is 18.2 Å². The zero-order valence-corrected chi connectivity index (χ0v) is 14.2. The second-order valence-electron chi connectivity index (χ2n) is 5.94. The van der Waals surface area contributed by atoms with Gasteiger partial charge in [0.25, 0.3) is 5.24 Å². The number of fused-ring (bicyclic) bond motifs is 1. The lowest BCUT2D eigenvalue weighted by molar-refractivity contribution is -0.118. The summed E-state index contributed by atoms with van der Waals surface area (Å²) < 4.78 is 5.56. The fourth-order valence-corrected chi connectivity index (χ4v) is 3.85. The van der Waals surface area contributed by atoms with Gasteiger partial charge in [0.2, 0.25) is 5.91 Å². The van der Waals surface area contributed by atoms with Crippen LogP contribution in [0.3, 0.4) is 0 Å². The number of thioether (sulfide) groups is 1. The summed E-state index contributed by atoms with van der Waals surface area (Å²) in [6, 6.07) is 12.3. The summed E-state index contributed by atoms with van der Waals surface area (Å²) in [6.07, 6.45) is 1.95. The van der Waals surface area contributed by atoms with E-state index in [9.17, 15) is 14.4 Å². The van der Waals surface area contributed by atoms with Gasteiger partial charge in [0.1, 0.15) is 5.58 Å². The van der Waals surface area contributed by atoms with Crippen LogP contribution in [0.25, 0.3) is 22.1 Å². The molecule has 0 spiro atoms. The van der Waals surface area contributed by atoms with E-state index < -0.39 is 11.2 Å². The van der Waals surface area contributed by atoms with E-state index in [1.165, 1.54) is 0 Å². The molecule has 7 heteroatoms. The van der Waals surface area contributed by atoms with Crippen molar-refractivity contribution in [2.75, 3.05) is 0 Å². The molecule has 0 saturated carbocycles. The van der Waals surface area contributed by atoms with Crippen LogP contribution in [-0.2, 0) is 11.2 Å². The summed E-state index contributed by atoms with van der Waals surface area (Å²) in [4.78, 5) is 34.3. The molecule has 2 aromatic carbocycles. The molecule has 130 valence electrons. The smallest absolute Gasteiger partial charge is 0.335 e. The number of benzene rings is 2. The van der Waals surface area contributed by atoms with Gasteiger partial charge >= 0.3 is 5.97 Å². The first-order chi connectivity index (χ1) is 12.5. The highest BCUT2D eigenvalue weighted by atomic mass is 32.2. The van der Waals surface area contributed by atoms with E-state index >= 15 is 0 Å². The molecule has 1 saturated heterocycles. The molecule has 1 aromatic heterocycles. The maximum Gasteiger partial charge on any atom is 0.335 e. The normalized spacial score (nSPS) is 16.8. The van der Waals surface area contributed by atoms with E-state index in [1.54, 1.807) is 30.5 Å². The minimum absolute atomic E-state index is 0.218. The average Bonchev–Trinajstić information content (AvgIpc) is 3.21. The molecule has 4 rings (SSSR count). The quantitative estimate of drug-likeness (QED) is 0.730. The summed E-state index contributed by atoms with van der Waals surface area (Å²) in [5.74, 6) is -1.27. The number of amides is 2. The van der Waals surface area contributed by atoms with Gasteiger partial charge in [-0.15, -0.1) is 0 Å². The summed E-state index contributed by atoms with van der Waals surface area (Å²) in [5.41, 5.74) is 3.48. The average molecular weight is 367 g/mol.